The standard InChI is InChI=1S/C21H24N2O4/c1-26-19-9-5-6-17(16-19)10-11-20(24)22-12-14-23(15-13-22)21(25)27-18-7-3-2-4-8-18/h2-9,16H,10-15H2,1H3. The van der Waals surface area contributed by atoms with E-state index in [9.17, 15) is 9.59 Å². The van der Waals surface area contributed by atoms with Crippen LogP contribution in [0.15, 0.2) is 54.6 Å². The van der Waals surface area contributed by atoms with E-state index in [-0.39, 0.29) is 12.0 Å². The van der Waals surface area contributed by atoms with Crippen molar-refractivity contribution in [1.29, 1.82) is 0 Å². The van der Waals surface area contributed by atoms with Crippen molar-refractivity contribution in [2.24, 2.45) is 0 Å². The molecule has 0 saturated carbocycles. The van der Waals surface area contributed by atoms with Gasteiger partial charge in [-0.15, -0.1) is 0 Å². The van der Waals surface area contributed by atoms with E-state index in [4.69, 9.17) is 9.47 Å². The molecule has 1 fully saturated rings. The molecule has 1 aliphatic rings. The van der Waals surface area contributed by atoms with Crippen molar-refractivity contribution in [3.05, 3.63) is 60.2 Å². The highest BCUT2D eigenvalue weighted by atomic mass is 16.6. The molecule has 1 aliphatic heterocycles. The maximum absolute atomic E-state index is 12.5. The fraction of sp³-hybridized carbons (Fsp3) is 0.333. The Balaban J connectivity index is 1.44. The molecular formula is C21H24N2O4. The Hall–Kier alpha value is -3.02. The van der Waals surface area contributed by atoms with Gasteiger partial charge in [-0.3, -0.25) is 4.79 Å². The number of aryl methyl sites for hydroxylation is 1. The molecule has 0 aliphatic carbocycles. The Morgan fingerprint density at radius 2 is 1.56 bits per heavy atom. The van der Waals surface area contributed by atoms with E-state index >= 15 is 0 Å². The highest BCUT2D eigenvalue weighted by Gasteiger charge is 2.25. The number of hydrogen-bond acceptors (Lipinski definition) is 4. The summed E-state index contributed by atoms with van der Waals surface area (Å²) in [6.07, 6.45) is 0.748. The summed E-state index contributed by atoms with van der Waals surface area (Å²) in [5.74, 6) is 1.43. The van der Waals surface area contributed by atoms with Crippen molar-refractivity contribution >= 4 is 12.0 Å². The van der Waals surface area contributed by atoms with Crippen molar-refractivity contribution in [3.8, 4) is 11.5 Å². The van der Waals surface area contributed by atoms with Gasteiger partial charge in [0, 0.05) is 32.6 Å². The molecule has 0 radical (unpaired) electrons. The molecule has 27 heavy (non-hydrogen) atoms. The molecule has 0 N–H and O–H groups in total. The van der Waals surface area contributed by atoms with Crippen LogP contribution < -0.4 is 9.47 Å². The molecule has 2 aromatic carbocycles. The lowest BCUT2D eigenvalue weighted by Gasteiger charge is -2.34. The van der Waals surface area contributed by atoms with Gasteiger partial charge in [-0.2, -0.15) is 0 Å². The number of para-hydroxylation sites is 1. The van der Waals surface area contributed by atoms with Crippen LogP contribution >= 0.6 is 0 Å². The molecule has 6 heteroatoms. The third kappa shape index (κ3) is 5.23. The van der Waals surface area contributed by atoms with Crippen LogP contribution in [0.25, 0.3) is 0 Å². The number of rotatable bonds is 5. The van der Waals surface area contributed by atoms with Gasteiger partial charge in [-0.25, -0.2) is 4.79 Å². The third-order valence-corrected chi connectivity index (χ3v) is 4.60. The van der Waals surface area contributed by atoms with E-state index in [0.717, 1.165) is 11.3 Å². The fourth-order valence-electron chi connectivity index (χ4n) is 3.03. The maximum atomic E-state index is 12.5. The second kappa shape index (κ2) is 9.07. The van der Waals surface area contributed by atoms with Crippen LogP contribution in [0.1, 0.15) is 12.0 Å². The first kappa shape index (κ1) is 18.8. The first-order valence-electron chi connectivity index (χ1n) is 9.08. The number of hydrogen-bond donors (Lipinski definition) is 0. The number of ether oxygens (including phenoxy) is 2. The van der Waals surface area contributed by atoms with Crippen LogP contribution in [0, 0.1) is 0 Å². The Morgan fingerprint density at radius 1 is 0.889 bits per heavy atom. The lowest BCUT2D eigenvalue weighted by molar-refractivity contribution is -0.132. The molecule has 2 aromatic rings. The van der Waals surface area contributed by atoms with Crippen molar-refractivity contribution in [1.82, 2.24) is 9.80 Å². The normalized spacial score (nSPS) is 14.0. The van der Waals surface area contributed by atoms with Gasteiger partial charge < -0.3 is 19.3 Å². The minimum Gasteiger partial charge on any atom is -0.497 e. The molecule has 0 spiro atoms. The summed E-state index contributed by atoms with van der Waals surface area (Å²) in [6, 6.07) is 16.8. The van der Waals surface area contributed by atoms with Gasteiger partial charge in [-0.05, 0) is 36.2 Å². The van der Waals surface area contributed by atoms with Crippen LogP contribution in [-0.2, 0) is 11.2 Å². The summed E-state index contributed by atoms with van der Waals surface area (Å²) >= 11 is 0. The summed E-state index contributed by atoms with van der Waals surface area (Å²) in [5.41, 5.74) is 1.08. The Morgan fingerprint density at radius 3 is 2.26 bits per heavy atom. The summed E-state index contributed by atoms with van der Waals surface area (Å²) in [6.45, 7) is 2.02. The molecule has 0 bridgehead atoms. The SMILES string of the molecule is COc1cccc(CCC(=O)N2CCN(C(=O)Oc3ccccc3)CC2)c1. The zero-order chi connectivity index (χ0) is 19.1. The molecule has 1 saturated heterocycles. The average Bonchev–Trinajstić information content (AvgIpc) is 2.73. The predicted octanol–water partition coefficient (Wildman–Crippen LogP) is 2.97. The van der Waals surface area contributed by atoms with Crippen LogP contribution in [0.4, 0.5) is 4.79 Å². The summed E-state index contributed by atoms with van der Waals surface area (Å²) in [7, 11) is 1.63. The minimum absolute atomic E-state index is 0.105. The number of methoxy groups -OCH3 is 1. The number of amides is 2. The van der Waals surface area contributed by atoms with Crippen LogP contribution in [-0.4, -0.2) is 55.1 Å². The topological polar surface area (TPSA) is 59.1 Å². The zero-order valence-corrected chi connectivity index (χ0v) is 15.5. The molecule has 1 heterocycles. The lowest BCUT2D eigenvalue weighted by atomic mass is 10.1. The summed E-state index contributed by atoms with van der Waals surface area (Å²) < 4.78 is 10.6. The Kier molecular flexibility index (Phi) is 6.30. The van der Waals surface area contributed by atoms with Crippen molar-refractivity contribution < 1.29 is 19.1 Å². The van der Waals surface area contributed by atoms with Gasteiger partial charge in [-0.1, -0.05) is 30.3 Å². The van der Waals surface area contributed by atoms with Gasteiger partial charge >= 0.3 is 6.09 Å². The number of carbonyl (C=O) groups excluding carboxylic acids is 2. The summed E-state index contributed by atoms with van der Waals surface area (Å²) in [4.78, 5) is 28.1. The Bertz CT molecular complexity index is 771. The summed E-state index contributed by atoms with van der Waals surface area (Å²) in [5, 5.41) is 0. The highest BCUT2D eigenvalue weighted by Crippen LogP contribution is 2.15. The largest absolute Gasteiger partial charge is 0.497 e. The molecule has 142 valence electrons. The first-order valence-corrected chi connectivity index (χ1v) is 9.08. The number of piperazine rings is 1. The van der Waals surface area contributed by atoms with Crippen molar-refractivity contribution in [2.45, 2.75) is 12.8 Å². The number of carbonyl (C=O) groups is 2. The van der Waals surface area contributed by atoms with Crippen molar-refractivity contribution in [2.75, 3.05) is 33.3 Å². The highest BCUT2D eigenvalue weighted by molar-refractivity contribution is 5.77. The first-order chi connectivity index (χ1) is 13.2. The predicted molar refractivity (Wildman–Crippen MR) is 102 cm³/mol. The van der Waals surface area contributed by atoms with Crippen LogP contribution in [0.2, 0.25) is 0 Å². The Labute approximate surface area is 159 Å². The van der Waals surface area contributed by atoms with Gasteiger partial charge in [0.1, 0.15) is 11.5 Å². The van der Waals surface area contributed by atoms with E-state index in [2.05, 4.69) is 0 Å². The van der Waals surface area contributed by atoms with Crippen molar-refractivity contribution in [3.63, 3.8) is 0 Å². The van der Waals surface area contributed by atoms with Crippen LogP contribution in [0.5, 0.6) is 11.5 Å². The number of benzene rings is 2. The fourth-order valence-corrected chi connectivity index (χ4v) is 3.03. The van der Waals surface area contributed by atoms with E-state index in [1.807, 2.05) is 47.4 Å². The minimum atomic E-state index is -0.371. The molecule has 2 amide bonds. The number of nitrogens with zero attached hydrogens (tertiary/aromatic N) is 2. The molecule has 0 unspecified atom stereocenters. The van der Waals surface area contributed by atoms with Gasteiger partial charge in [0.25, 0.3) is 0 Å². The van der Waals surface area contributed by atoms with E-state index in [0.29, 0.717) is 44.8 Å². The van der Waals surface area contributed by atoms with Gasteiger partial charge in [0.2, 0.25) is 5.91 Å². The second-order valence-electron chi connectivity index (χ2n) is 6.40. The maximum Gasteiger partial charge on any atom is 0.415 e. The van der Waals surface area contributed by atoms with E-state index in [1.54, 1.807) is 24.1 Å². The van der Waals surface area contributed by atoms with Crippen LogP contribution in [0.3, 0.4) is 0 Å². The molecular weight excluding hydrogens is 344 g/mol. The smallest absolute Gasteiger partial charge is 0.415 e. The van der Waals surface area contributed by atoms with E-state index < -0.39 is 0 Å². The lowest BCUT2D eigenvalue weighted by Crippen LogP contribution is -2.51. The molecule has 6 nitrogen and oxygen atoms in total. The molecule has 3 rings (SSSR count). The molecule has 0 aromatic heterocycles. The zero-order valence-electron chi connectivity index (χ0n) is 15.5. The quantitative estimate of drug-likeness (QED) is 0.814. The monoisotopic (exact) mass is 368 g/mol. The third-order valence-electron chi connectivity index (χ3n) is 4.60. The van der Waals surface area contributed by atoms with Gasteiger partial charge in [0.05, 0.1) is 7.11 Å². The average molecular weight is 368 g/mol. The second-order valence-corrected chi connectivity index (χ2v) is 6.40. The molecule has 0 atom stereocenters. The van der Waals surface area contributed by atoms with E-state index in [1.165, 1.54) is 0 Å². The van der Waals surface area contributed by atoms with Gasteiger partial charge in [0.15, 0.2) is 0 Å².